The van der Waals surface area contributed by atoms with Crippen LogP contribution in [0, 0.1) is 6.92 Å². The van der Waals surface area contributed by atoms with E-state index in [1.165, 1.54) is 0 Å². The quantitative estimate of drug-likeness (QED) is 0.484. The largest absolute Gasteiger partial charge is 0.389 e. The molecule has 0 rings (SSSR count). The lowest BCUT2D eigenvalue weighted by Crippen LogP contribution is -2.04. The second-order valence-electron chi connectivity index (χ2n) is 1.15. The van der Waals surface area contributed by atoms with E-state index >= 15 is 0 Å². The average Bonchev–Trinajstić information content (AvgIpc) is 1.30. The molecule has 0 aromatic carbocycles. The Bertz CT molecular complexity index is 45.4. The van der Waals surface area contributed by atoms with Gasteiger partial charge in [0.2, 0.25) is 0 Å². The molecule has 0 aliphatic heterocycles. The molecular weight excluding hydrogens is 105 g/mol. The molecule has 0 aliphatic carbocycles. The SMILES string of the molecule is [CH]CCC(F)(F)F. The summed E-state index contributed by atoms with van der Waals surface area (Å²) in [7, 11) is 0. The van der Waals surface area contributed by atoms with Gasteiger partial charge in [-0.25, -0.2) is 0 Å². The molecule has 0 unspecified atom stereocenters. The maximum Gasteiger partial charge on any atom is 0.389 e. The van der Waals surface area contributed by atoms with Gasteiger partial charge in [0, 0.05) is 6.42 Å². The van der Waals surface area contributed by atoms with Gasteiger partial charge in [0.1, 0.15) is 0 Å². The zero-order chi connectivity index (χ0) is 5.91. The smallest absolute Gasteiger partial charge is 0.171 e. The van der Waals surface area contributed by atoms with Crippen molar-refractivity contribution in [1.29, 1.82) is 0 Å². The molecule has 0 amide bonds. The van der Waals surface area contributed by atoms with Crippen molar-refractivity contribution < 1.29 is 13.2 Å². The maximum atomic E-state index is 11.0. The topological polar surface area (TPSA) is 0 Å². The Morgan fingerprint density at radius 1 is 1.29 bits per heavy atom. The van der Waals surface area contributed by atoms with Gasteiger partial charge in [-0.15, -0.1) is 0 Å². The summed E-state index contributed by atoms with van der Waals surface area (Å²) in [5, 5.41) is 0. The molecule has 2 radical (unpaired) electrons. The Morgan fingerprint density at radius 2 is 1.71 bits per heavy atom. The second kappa shape index (κ2) is 2.19. The van der Waals surface area contributed by atoms with Gasteiger partial charge in [0.15, 0.2) is 0 Å². The fourth-order valence-corrected chi connectivity index (χ4v) is 0.164. The molecule has 0 fully saturated rings. The van der Waals surface area contributed by atoms with Crippen LogP contribution >= 0.6 is 0 Å². The summed E-state index contributed by atoms with van der Waals surface area (Å²) in [6.07, 6.45) is -5.27. The van der Waals surface area contributed by atoms with E-state index in [0.717, 1.165) is 0 Å². The predicted octanol–water partition coefficient (Wildman–Crippen LogP) is 2.04. The van der Waals surface area contributed by atoms with Crippen molar-refractivity contribution in [3.8, 4) is 0 Å². The Kier molecular flexibility index (Phi) is 2.12. The number of rotatable bonds is 1. The highest BCUT2D eigenvalue weighted by molar-refractivity contribution is 4.49. The first kappa shape index (κ1) is 6.79. The standard InChI is InChI=1S/C4H5F3/c1-2-3-4(5,6)7/h1H,2-3H2. The number of hydrogen-bond acceptors (Lipinski definition) is 0. The van der Waals surface area contributed by atoms with E-state index in [9.17, 15) is 13.2 Å². The summed E-state index contributed by atoms with van der Waals surface area (Å²) < 4.78 is 32.9. The van der Waals surface area contributed by atoms with Crippen LogP contribution in [0.3, 0.4) is 0 Å². The van der Waals surface area contributed by atoms with Gasteiger partial charge in [-0.2, -0.15) is 13.2 Å². The Labute approximate surface area is 40.3 Å². The lowest BCUT2D eigenvalue weighted by molar-refractivity contribution is -0.133. The molecule has 0 spiro atoms. The van der Waals surface area contributed by atoms with E-state index < -0.39 is 12.6 Å². The molecule has 0 saturated carbocycles. The normalized spacial score (nSPS) is 12.0. The van der Waals surface area contributed by atoms with E-state index in [-0.39, 0.29) is 6.42 Å². The second-order valence-corrected chi connectivity index (χ2v) is 1.15. The van der Waals surface area contributed by atoms with Crippen molar-refractivity contribution in [2.75, 3.05) is 0 Å². The molecule has 0 saturated heterocycles. The molecule has 0 aliphatic rings. The first-order valence-corrected chi connectivity index (χ1v) is 1.83. The number of halogens is 3. The summed E-state index contributed by atoms with van der Waals surface area (Å²) in [6.45, 7) is 4.59. The Balaban J connectivity index is 3.15. The number of hydrogen-bond donors (Lipinski definition) is 0. The van der Waals surface area contributed by atoms with Gasteiger partial charge in [-0.05, 0) is 13.3 Å². The van der Waals surface area contributed by atoms with Crippen LogP contribution in [0.15, 0.2) is 0 Å². The molecular formula is C4H5F3. The molecule has 42 valence electrons. The highest BCUT2D eigenvalue weighted by atomic mass is 19.4. The van der Waals surface area contributed by atoms with Crippen molar-refractivity contribution in [3.63, 3.8) is 0 Å². The molecule has 0 aromatic rings. The van der Waals surface area contributed by atoms with Crippen LogP contribution < -0.4 is 0 Å². The average molecular weight is 110 g/mol. The van der Waals surface area contributed by atoms with E-state index in [1.807, 2.05) is 0 Å². The van der Waals surface area contributed by atoms with Crippen LogP contribution in [0.5, 0.6) is 0 Å². The first-order chi connectivity index (χ1) is 3.06. The van der Waals surface area contributed by atoms with Crippen molar-refractivity contribution >= 4 is 0 Å². The van der Waals surface area contributed by atoms with Crippen LogP contribution in [-0.2, 0) is 0 Å². The van der Waals surface area contributed by atoms with Gasteiger partial charge in [0.05, 0.1) is 0 Å². The summed E-state index contributed by atoms with van der Waals surface area (Å²) in [4.78, 5) is 0. The van der Waals surface area contributed by atoms with Gasteiger partial charge in [0.25, 0.3) is 0 Å². The fraction of sp³-hybridized carbons (Fsp3) is 0.750. The fourth-order valence-electron chi connectivity index (χ4n) is 0.164. The third-order valence-corrected chi connectivity index (χ3v) is 0.428. The highest BCUT2D eigenvalue weighted by Crippen LogP contribution is 2.20. The van der Waals surface area contributed by atoms with Crippen molar-refractivity contribution in [2.24, 2.45) is 0 Å². The van der Waals surface area contributed by atoms with Crippen molar-refractivity contribution in [1.82, 2.24) is 0 Å². The van der Waals surface area contributed by atoms with Gasteiger partial charge in [-0.1, -0.05) is 0 Å². The van der Waals surface area contributed by atoms with Gasteiger partial charge >= 0.3 is 6.18 Å². The van der Waals surface area contributed by atoms with E-state index in [2.05, 4.69) is 6.92 Å². The minimum atomic E-state index is -4.07. The Hall–Kier alpha value is -0.210. The summed E-state index contributed by atoms with van der Waals surface area (Å²) in [5.41, 5.74) is 0. The summed E-state index contributed by atoms with van der Waals surface area (Å²) >= 11 is 0. The molecule has 7 heavy (non-hydrogen) atoms. The van der Waals surface area contributed by atoms with Crippen LogP contribution in [0.1, 0.15) is 12.8 Å². The van der Waals surface area contributed by atoms with Crippen LogP contribution in [0.2, 0.25) is 0 Å². The minimum Gasteiger partial charge on any atom is -0.171 e. The van der Waals surface area contributed by atoms with Gasteiger partial charge in [-0.3, -0.25) is 0 Å². The molecule has 0 aromatic heterocycles. The summed E-state index contributed by atoms with van der Waals surface area (Å²) in [5.74, 6) is 0. The zero-order valence-electron chi connectivity index (χ0n) is 3.63. The Morgan fingerprint density at radius 3 is 1.71 bits per heavy atom. The van der Waals surface area contributed by atoms with Crippen LogP contribution in [0.4, 0.5) is 13.2 Å². The third-order valence-electron chi connectivity index (χ3n) is 0.428. The molecule has 0 nitrogen and oxygen atoms in total. The zero-order valence-corrected chi connectivity index (χ0v) is 3.63. The van der Waals surface area contributed by atoms with E-state index in [1.54, 1.807) is 0 Å². The third kappa shape index (κ3) is 5.79. The van der Waals surface area contributed by atoms with Gasteiger partial charge < -0.3 is 0 Å². The number of alkyl halides is 3. The van der Waals surface area contributed by atoms with E-state index in [0.29, 0.717) is 0 Å². The molecule has 0 heterocycles. The minimum absolute atomic E-state index is 0.316. The lowest BCUT2D eigenvalue weighted by atomic mass is 10.3. The monoisotopic (exact) mass is 110 g/mol. The van der Waals surface area contributed by atoms with Crippen LogP contribution in [0.25, 0.3) is 0 Å². The maximum absolute atomic E-state index is 11.0. The lowest BCUT2D eigenvalue weighted by Gasteiger charge is -1.99. The van der Waals surface area contributed by atoms with Crippen molar-refractivity contribution in [3.05, 3.63) is 6.92 Å². The molecule has 0 bridgehead atoms. The summed E-state index contributed by atoms with van der Waals surface area (Å²) in [6, 6.07) is 0. The molecule has 3 heteroatoms. The first-order valence-electron chi connectivity index (χ1n) is 1.83. The van der Waals surface area contributed by atoms with Crippen LogP contribution in [-0.4, -0.2) is 6.18 Å². The predicted molar refractivity (Wildman–Crippen MR) is 19.6 cm³/mol. The molecule has 0 N–H and O–H groups in total. The van der Waals surface area contributed by atoms with Crippen molar-refractivity contribution in [2.45, 2.75) is 19.0 Å². The van der Waals surface area contributed by atoms with E-state index in [4.69, 9.17) is 0 Å². The highest BCUT2D eigenvalue weighted by Gasteiger charge is 2.24. The molecule has 0 atom stereocenters.